The van der Waals surface area contributed by atoms with E-state index in [0.717, 1.165) is 0 Å². The summed E-state index contributed by atoms with van der Waals surface area (Å²) in [4.78, 5) is 0. The second-order valence-electron chi connectivity index (χ2n) is 3.25. The summed E-state index contributed by atoms with van der Waals surface area (Å²) in [6.07, 6.45) is 0. The molecule has 0 aromatic heterocycles. The highest BCUT2D eigenvalue weighted by molar-refractivity contribution is 14.1. The molecule has 0 saturated heterocycles. The smallest absolute Gasteiger partial charge is 0.0301 e. The number of benzene rings is 1. The van der Waals surface area contributed by atoms with Crippen LogP contribution in [0.5, 0.6) is 0 Å². The molecule has 0 fully saturated rings. The van der Waals surface area contributed by atoms with Crippen LogP contribution in [0, 0.1) is 14.1 Å². The average molecular weight is 386 g/mol. The fourth-order valence-corrected chi connectivity index (χ4v) is 2.83. The summed E-state index contributed by atoms with van der Waals surface area (Å²) in [7, 11) is 0. The van der Waals surface area contributed by atoms with E-state index in [1.165, 1.54) is 18.3 Å². The molecule has 0 radical (unpaired) electrons. The summed E-state index contributed by atoms with van der Waals surface area (Å²) in [5, 5.41) is 0. The molecule has 0 amide bonds. The Hall–Kier alpha value is 0.680. The Balaban J connectivity index is 3.27. The standard InChI is InChI=1S/C10H12I2/c1-6(2)8-5-4-7(3)9(11)10(8)12/h4-6H,1-3H3. The first-order valence-electron chi connectivity index (χ1n) is 3.98. The van der Waals surface area contributed by atoms with Gasteiger partial charge in [-0.3, -0.25) is 0 Å². The predicted octanol–water partition coefficient (Wildman–Crippen LogP) is 4.33. The maximum atomic E-state index is 2.44. The molecule has 0 bridgehead atoms. The molecule has 0 N–H and O–H groups in total. The first-order valence-corrected chi connectivity index (χ1v) is 6.14. The van der Waals surface area contributed by atoms with E-state index in [1.807, 2.05) is 0 Å². The lowest BCUT2D eigenvalue weighted by Crippen LogP contribution is -1.96. The third-order valence-corrected chi connectivity index (χ3v) is 5.51. The second kappa shape index (κ2) is 4.26. The van der Waals surface area contributed by atoms with E-state index < -0.39 is 0 Å². The first-order chi connectivity index (χ1) is 5.54. The molecule has 0 unspecified atom stereocenters. The molecule has 12 heavy (non-hydrogen) atoms. The van der Waals surface area contributed by atoms with Crippen molar-refractivity contribution >= 4 is 45.2 Å². The van der Waals surface area contributed by atoms with Gasteiger partial charge in [-0.1, -0.05) is 26.0 Å². The molecular formula is C10H12I2. The van der Waals surface area contributed by atoms with Gasteiger partial charge in [0.2, 0.25) is 0 Å². The van der Waals surface area contributed by atoms with Crippen molar-refractivity contribution in [2.24, 2.45) is 0 Å². The lowest BCUT2D eigenvalue weighted by Gasteiger charge is -2.11. The number of hydrogen-bond acceptors (Lipinski definition) is 0. The predicted molar refractivity (Wildman–Crippen MR) is 70.7 cm³/mol. The Morgan fingerprint density at radius 2 is 1.67 bits per heavy atom. The number of halogens is 2. The van der Waals surface area contributed by atoms with Crippen LogP contribution in [0.15, 0.2) is 12.1 Å². The second-order valence-corrected chi connectivity index (χ2v) is 5.41. The lowest BCUT2D eigenvalue weighted by atomic mass is 10.0. The highest BCUT2D eigenvalue weighted by Gasteiger charge is 2.08. The summed E-state index contributed by atoms with van der Waals surface area (Å²) < 4.78 is 2.82. The molecule has 0 spiro atoms. The molecule has 66 valence electrons. The molecular weight excluding hydrogens is 374 g/mol. The van der Waals surface area contributed by atoms with Gasteiger partial charge in [0.15, 0.2) is 0 Å². The molecule has 0 aliphatic heterocycles. The lowest BCUT2D eigenvalue weighted by molar-refractivity contribution is 0.857. The van der Waals surface area contributed by atoms with E-state index in [2.05, 4.69) is 78.1 Å². The van der Waals surface area contributed by atoms with Gasteiger partial charge < -0.3 is 0 Å². The van der Waals surface area contributed by atoms with Gasteiger partial charge in [0, 0.05) is 7.14 Å². The SMILES string of the molecule is Cc1ccc(C(C)C)c(I)c1I. The monoisotopic (exact) mass is 386 g/mol. The average Bonchev–Trinajstić information content (AvgIpc) is 2.00. The van der Waals surface area contributed by atoms with Gasteiger partial charge in [0.25, 0.3) is 0 Å². The van der Waals surface area contributed by atoms with Crippen LogP contribution in [0.25, 0.3) is 0 Å². The highest BCUT2D eigenvalue weighted by Crippen LogP contribution is 2.27. The summed E-state index contributed by atoms with van der Waals surface area (Å²) in [6.45, 7) is 6.64. The van der Waals surface area contributed by atoms with Crippen LogP contribution >= 0.6 is 45.2 Å². The third kappa shape index (κ3) is 2.13. The van der Waals surface area contributed by atoms with Crippen molar-refractivity contribution < 1.29 is 0 Å². The molecule has 0 heterocycles. The van der Waals surface area contributed by atoms with E-state index in [-0.39, 0.29) is 0 Å². The van der Waals surface area contributed by atoms with Crippen molar-refractivity contribution in [1.82, 2.24) is 0 Å². The van der Waals surface area contributed by atoms with Crippen LogP contribution in [0.2, 0.25) is 0 Å². The summed E-state index contributed by atoms with van der Waals surface area (Å²) in [6, 6.07) is 4.45. The van der Waals surface area contributed by atoms with Crippen molar-refractivity contribution in [3.05, 3.63) is 30.4 Å². The van der Waals surface area contributed by atoms with Crippen molar-refractivity contribution in [2.75, 3.05) is 0 Å². The van der Waals surface area contributed by atoms with Crippen molar-refractivity contribution in [3.63, 3.8) is 0 Å². The maximum Gasteiger partial charge on any atom is 0.0301 e. The third-order valence-electron chi connectivity index (χ3n) is 1.93. The Labute approximate surface area is 101 Å². The minimum Gasteiger partial charge on any atom is -0.0586 e. The summed E-state index contributed by atoms with van der Waals surface area (Å²) in [5.41, 5.74) is 2.84. The van der Waals surface area contributed by atoms with E-state index >= 15 is 0 Å². The van der Waals surface area contributed by atoms with Crippen LogP contribution in [0.1, 0.15) is 30.9 Å². The molecule has 0 atom stereocenters. The van der Waals surface area contributed by atoms with Gasteiger partial charge in [-0.05, 0) is 69.2 Å². The quantitative estimate of drug-likeness (QED) is 0.631. The van der Waals surface area contributed by atoms with E-state index in [9.17, 15) is 0 Å². The first kappa shape index (κ1) is 10.8. The summed E-state index contributed by atoms with van der Waals surface area (Å²) >= 11 is 4.86. The molecule has 1 aromatic rings. The Kier molecular flexibility index (Phi) is 3.82. The van der Waals surface area contributed by atoms with Gasteiger partial charge in [0.1, 0.15) is 0 Å². The zero-order valence-corrected chi connectivity index (χ0v) is 11.8. The minimum atomic E-state index is 0.631. The van der Waals surface area contributed by atoms with E-state index in [1.54, 1.807) is 0 Å². The molecule has 1 aromatic carbocycles. The highest BCUT2D eigenvalue weighted by atomic mass is 127. The van der Waals surface area contributed by atoms with E-state index in [0.29, 0.717) is 5.92 Å². The molecule has 0 aliphatic carbocycles. The van der Waals surface area contributed by atoms with Gasteiger partial charge in [-0.25, -0.2) is 0 Å². The maximum absolute atomic E-state index is 2.44. The van der Waals surface area contributed by atoms with Crippen molar-refractivity contribution in [1.29, 1.82) is 0 Å². The topological polar surface area (TPSA) is 0 Å². The van der Waals surface area contributed by atoms with Gasteiger partial charge in [0.05, 0.1) is 0 Å². The van der Waals surface area contributed by atoms with Crippen LogP contribution in [-0.4, -0.2) is 0 Å². The zero-order valence-electron chi connectivity index (χ0n) is 7.49. The van der Waals surface area contributed by atoms with Crippen molar-refractivity contribution in [2.45, 2.75) is 26.7 Å². The number of hydrogen-bond donors (Lipinski definition) is 0. The van der Waals surface area contributed by atoms with Gasteiger partial charge >= 0.3 is 0 Å². The number of rotatable bonds is 1. The van der Waals surface area contributed by atoms with Gasteiger partial charge in [-0.15, -0.1) is 0 Å². The fraction of sp³-hybridized carbons (Fsp3) is 0.400. The Morgan fingerprint density at radius 3 is 2.17 bits per heavy atom. The Morgan fingerprint density at radius 1 is 1.08 bits per heavy atom. The van der Waals surface area contributed by atoms with Crippen LogP contribution in [0.3, 0.4) is 0 Å². The molecule has 1 rings (SSSR count). The largest absolute Gasteiger partial charge is 0.0586 e. The normalized spacial score (nSPS) is 10.8. The molecule has 2 heteroatoms. The summed E-state index contributed by atoms with van der Waals surface area (Å²) in [5.74, 6) is 0.631. The molecule has 0 saturated carbocycles. The van der Waals surface area contributed by atoms with Crippen LogP contribution in [0.4, 0.5) is 0 Å². The molecule has 0 aliphatic rings. The Bertz CT molecular complexity index is 290. The molecule has 0 nitrogen and oxygen atoms in total. The number of aryl methyl sites for hydroxylation is 1. The van der Waals surface area contributed by atoms with Crippen LogP contribution in [-0.2, 0) is 0 Å². The van der Waals surface area contributed by atoms with E-state index in [4.69, 9.17) is 0 Å². The zero-order chi connectivity index (χ0) is 9.30. The minimum absolute atomic E-state index is 0.631. The van der Waals surface area contributed by atoms with Crippen LogP contribution < -0.4 is 0 Å². The van der Waals surface area contributed by atoms with Crippen molar-refractivity contribution in [3.8, 4) is 0 Å². The fourth-order valence-electron chi connectivity index (χ4n) is 1.11. The van der Waals surface area contributed by atoms with Gasteiger partial charge in [-0.2, -0.15) is 0 Å².